The molecule has 1 heterocycles. The first-order valence-corrected chi connectivity index (χ1v) is 9.28. The summed E-state index contributed by atoms with van der Waals surface area (Å²) in [7, 11) is 0. The smallest absolute Gasteiger partial charge is 0.359 e. The topological polar surface area (TPSA) is 119 Å². The van der Waals surface area contributed by atoms with Crippen molar-refractivity contribution in [2.24, 2.45) is 0 Å². The Labute approximate surface area is 171 Å². The Hall–Kier alpha value is -4.01. The SMILES string of the molecule is CCn1nc(C(=O)OCC(=O)NC(=O)NCc2ccccc2)c2ccccc2c1=O. The van der Waals surface area contributed by atoms with Crippen molar-refractivity contribution in [2.45, 2.75) is 20.0 Å². The number of aryl methyl sites for hydroxylation is 1. The highest BCUT2D eigenvalue weighted by molar-refractivity contribution is 6.03. The standard InChI is InChI=1S/C21H20N4O5/c1-2-25-19(27)16-11-7-6-10-15(16)18(24-25)20(28)30-13-17(26)23-21(29)22-12-14-8-4-3-5-9-14/h3-11H,2,12-13H2,1H3,(H2,22,23,26,29). The fourth-order valence-corrected chi connectivity index (χ4v) is 2.78. The van der Waals surface area contributed by atoms with Gasteiger partial charge in [0.05, 0.1) is 5.39 Å². The van der Waals surface area contributed by atoms with Crippen LogP contribution in [0.5, 0.6) is 0 Å². The van der Waals surface area contributed by atoms with Gasteiger partial charge in [-0.1, -0.05) is 48.5 Å². The summed E-state index contributed by atoms with van der Waals surface area (Å²) < 4.78 is 6.14. The first-order chi connectivity index (χ1) is 14.5. The van der Waals surface area contributed by atoms with E-state index in [1.165, 1.54) is 0 Å². The number of carbonyl (C=O) groups excluding carboxylic acids is 3. The van der Waals surface area contributed by atoms with Gasteiger partial charge in [0.2, 0.25) is 0 Å². The number of nitrogens with one attached hydrogen (secondary N) is 2. The lowest BCUT2D eigenvalue weighted by Crippen LogP contribution is -2.41. The second-order valence-electron chi connectivity index (χ2n) is 6.31. The van der Waals surface area contributed by atoms with Crippen LogP contribution in [-0.4, -0.2) is 34.3 Å². The van der Waals surface area contributed by atoms with E-state index in [1.54, 1.807) is 31.2 Å². The Morgan fingerprint density at radius 3 is 2.37 bits per heavy atom. The zero-order valence-corrected chi connectivity index (χ0v) is 16.3. The summed E-state index contributed by atoms with van der Waals surface area (Å²) in [5.41, 5.74) is 0.474. The number of rotatable bonds is 6. The van der Waals surface area contributed by atoms with Crippen molar-refractivity contribution in [1.29, 1.82) is 0 Å². The number of urea groups is 1. The summed E-state index contributed by atoms with van der Waals surface area (Å²) in [5, 5.41) is 9.31. The predicted molar refractivity (Wildman–Crippen MR) is 109 cm³/mol. The van der Waals surface area contributed by atoms with Gasteiger partial charge < -0.3 is 10.1 Å². The lowest BCUT2D eigenvalue weighted by atomic mass is 10.1. The highest BCUT2D eigenvalue weighted by Crippen LogP contribution is 2.14. The third-order valence-electron chi connectivity index (χ3n) is 4.24. The van der Waals surface area contributed by atoms with Crippen molar-refractivity contribution < 1.29 is 19.1 Å². The summed E-state index contributed by atoms with van der Waals surface area (Å²) in [6.45, 7) is 1.57. The van der Waals surface area contributed by atoms with Crippen LogP contribution < -0.4 is 16.2 Å². The molecule has 9 heteroatoms. The number of hydrogen-bond donors (Lipinski definition) is 2. The molecule has 0 aliphatic rings. The Morgan fingerprint density at radius 2 is 1.67 bits per heavy atom. The van der Waals surface area contributed by atoms with Crippen molar-refractivity contribution >= 4 is 28.7 Å². The number of aromatic nitrogens is 2. The Balaban J connectivity index is 1.60. The number of fused-ring (bicyclic) bond motifs is 1. The second-order valence-corrected chi connectivity index (χ2v) is 6.31. The molecule has 0 spiro atoms. The molecule has 2 N–H and O–H groups in total. The normalized spacial score (nSPS) is 10.4. The van der Waals surface area contributed by atoms with E-state index in [-0.39, 0.29) is 24.3 Å². The minimum atomic E-state index is -0.867. The lowest BCUT2D eigenvalue weighted by Gasteiger charge is -2.10. The van der Waals surface area contributed by atoms with Crippen molar-refractivity contribution in [3.8, 4) is 0 Å². The maximum absolute atomic E-state index is 12.5. The van der Waals surface area contributed by atoms with Gasteiger partial charge in [0.15, 0.2) is 12.3 Å². The molecule has 0 bridgehead atoms. The molecule has 1 aromatic heterocycles. The van der Waals surface area contributed by atoms with Crippen molar-refractivity contribution in [2.75, 3.05) is 6.61 Å². The van der Waals surface area contributed by atoms with Crippen LogP contribution in [0.2, 0.25) is 0 Å². The van der Waals surface area contributed by atoms with E-state index in [0.717, 1.165) is 10.2 Å². The molecule has 2 aromatic carbocycles. The molecule has 0 radical (unpaired) electrons. The van der Waals surface area contributed by atoms with Crippen molar-refractivity contribution in [3.63, 3.8) is 0 Å². The predicted octanol–water partition coefficient (Wildman–Crippen LogP) is 1.60. The van der Waals surface area contributed by atoms with E-state index in [1.807, 2.05) is 30.3 Å². The van der Waals surface area contributed by atoms with E-state index in [9.17, 15) is 19.2 Å². The Kier molecular flexibility index (Phi) is 6.53. The maximum Gasteiger partial charge on any atom is 0.359 e. The monoisotopic (exact) mass is 408 g/mol. The molecular weight excluding hydrogens is 388 g/mol. The number of carbonyl (C=O) groups is 3. The van der Waals surface area contributed by atoms with Crippen LogP contribution in [0, 0.1) is 0 Å². The fourth-order valence-electron chi connectivity index (χ4n) is 2.78. The van der Waals surface area contributed by atoms with Gasteiger partial charge in [0.1, 0.15) is 0 Å². The molecule has 3 aromatic rings. The number of benzene rings is 2. The van der Waals surface area contributed by atoms with Gasteiger partial charge in [-0.25, -0.2) is 14.3 Å². The lowest BCUT2D eigenvalue weighted by molar-refractivity contribution is -0.123. The third-order valence-corrected chi connectivity index (χ3v) is 4.24. The van der Waals surface area contributed by atoms with Crippen LogP contribution in [-0.2, 0) is 22.6 Å². The molecule has 0 saturated carbocycles. The number of esters is 1. The van der Waals surface area contributed by atoms with E-state index in [4.69, 9.17) is 4.74 Å². The zero-order valence-electron chi connectivity index (χ0n) is 16.3. The summed E-state index contributed by atoms with van der Waals surface area (Å²) in [6.07, 6.45) is 0. The third kappa shape index (κ3) is 4.88. The molecule has 3 rings (SSSR count). The van der Waals surface area contributed by atoms with Gasteiger partial charge in [0.25, 0.3) is 11.5 Å². The van der Waals surface area contributed by atoms with Gasteiger partial charge in [-0.15, -0.1) is 0 Å². The highest BCUT2D eigenvalue weighted by Gasteiger charge is 2.19. The minimum absolute atomic E-state index is 0.0756. The van der Waals surface area contributed by atoms with Crippen LogP contribution in [0.3, 0.4) is 0 Å². The number of ether oxygens (including phenoxy) is 1. The Bertz CT molecular complexity index is 1140. The van der Waals surface area contributed by atoms with Crippen LogP contribution in [0.4, 0.5) is 4.79 Å². The minimum Gasteiger partial charge on any atom is -0.451 e. The van der Waals surface area contributed by atoms with Crippen LogP contribution in [0.25, 0.3) is 10.8 Å². The van der Waals surface area contributed by atoms with Gasteiger partial charge in [0, 0.05) is 18.5 Å². The summed E-state index contributed by atoms with van der Waals surface area (Å²) in [6, 6.07) is 15.0. The average Bonchev–Trinajstić information content (AvgIpc) is 2.77. The molecule has 9 nitrogen and oxygen atoms in total. The number of amides is 3. The zero-order chi connectivity index (χ0) is 21.5. The highest BCUT2D eigenvalue weighted by atomic mass is 16.5. The molecule has 0 unspecified atom stereocenters. The van der Waals surface area contributed by atoms with Gasteiger partial charge in [-0.3, -0.25) is 14.9 Å². The summed E-state index contributed by atoms with van der Waals surface area (Å²) >= 11 is 0. The molecule has 154 valence electrons. The van der Waals surface area contributed by atoms with Crippen LogP contribution in [0.1, 0.15) is 23.0 Å². The quantitative estimate of drug-likeness (QED) is 0.598. The maximum atomic E-state index is 12.5. The van der Waals surface area contributed by atoms with E-state index in [2.05, 4.69) is 15.7 Å². The van der Waals surface area contributed by atoms with E-state index < -0.39 is 24.5 Å². The molecule has 30 heavy (non-hydrogen) atoms. The van der Waals surface area contributed by atoms with Gasteiger partial charge in [-0.2, -0.15) is 5.10 Å². The number of imide groups is 1. The second kappa shape index (κ2) is 9.46. The van der Waals surface area contributed by atoms with Gasteiger partial charge >= 0.3 is 12.0 Å². The van der Waals surface area contributed by atoms with E-state index >= 15 is 0 Å². The fraction of sp³-hybridized carbons (Fsp3) is 0.190. The molecule has 0 aliphatic heterocycles. The molecule has 3 amide bonds. The first-order valence-electron chi connectivity index (χ1n) is 9.28. The molecule has 0 fully saturated rings. The van der Waals surface area contributed by atoms with Crippen molar-refractivity contribution in [3.05, 3.63) is 76.2 Å². The number of hydrogen-bond acceptors (Lipinski definition) is 6. The Morgan fingerprint density at radius 1 is 1.00 bits per heavy atom. The largest absolute Gasteiger partial charge is 0.451 e. The van der Waals surface area contributed by atoms with Crippen LogP contribution in [0.15, 0.2) is 59.4 Å². The summed E-state index contributed by atoms with van der Waals surface area (Å²) in [4.78, 5) is 48.5. The van der Waals surface area contributed by atoms with Gasteiger partial charge in [-0.05, 0) is 18.6 Å². The first kappa shape index (κ1) is 20.7. The number of nitrogens with zero attached hydrogens (tertiary/aromatic N) is 2. The molecule has 0 saturated heterocycles. The average molecular weight is 408 g/mol. The molecule has 0 atom stereocenters. The van der Waals surface area contributed by atoms with Crippen LogP contribution >= 0.6 is 0 Å². The molecular formula is C21H20N4O5. The summed E-state index contributed by atoms with van der Waals surface area (Å²) in [5.74, 6) is -1.66. The van der Waals surface area contributed by atoms with E-state index in [0.29, 0.717) is 10.8 Å². The van der Waals surface area contributed by atoms with Crippen molar-refractivity contribution in [1.82, 2.24) is 20.4 Å². The molecule has 0 aliphatic carbocycles.